The lowest BCUT2D eigenvalue weighted by Crippen LogP contribution is -2.53. The van der Waals surface area contributed by atoms with Crippen molar-refractivity contribution in [1.29, 1.82) is 0 Å². The highest BCUT2D eigenvalue weighted by atomic mass is 35.5. The van der Waals surface area contributed by atoms with Crippen molar-refractivity contribution in [2.24, 2.45) is 0 Å². The molecule has 2 aliphatic rings. The number of rotatable bonds is 7. The average molecular weight is 567 g/mol. The van der Waals surface area contributed by atoms with Crippen LogP contribution in [0.1, 0.15) is 47.7 Å². The zero-order valence-corrected chi connectivity index (χ0v) is 23.5. The van der Waals surface area contributed by atoms with Crippen molar-refractivity contribution >= 4 is 35.0 Å². The van der Waals surface area contributed by atoms with E-state index in [1.54, 1.807) is 17.9 Å². The number of ether oxygens (including phenoxy) is 1. The van der Waals surface area contributed by atoms with Crippen LogP contribution < -0.4 is 5.32 Å². The van der Waals surface area contributed by atoms with E-state index in [-0.39, 0.29) is 24.1 Å². The zero-order valence-electron chi connectivity index (χ0n) is 22.0. The monoisotopic (exact) mass is 565 g/mol. The first kappa shape index (κ1) is 27.7. The minimum atomic E-state index is -0.704. The molecule has 1 N–H and O–H groups in total. The molecule has 0 radical (unpaired) electrons. The lowest BCUT2D eigenvalue weighted by Gasteiger charge is -2.43. The second kappa shape index (κ2) is 11.7. The van der Waals surface area contributed by atoms with Crippen LogP contribution in [-0.4, -0.2) is 54.5 Å². The summed E-state index contributed by atoms with van der Waals surface area (Å²) in [5.74, 6) is -0.0770. The van der Waals surface area contributed by atoms with Gasteiger partial charge in [0.05, 0.1) is 22.1 Å². The standard InChI is InChI=1S/C31H33Cl2N3O3/c1-23(37)34-30(25-10-6-3-7-11-25)14-17-35(18-15-30)19-16-31(26-12-13-27(32)28(33)20-26)21-36(22-39-31)29(38)24-8-4-2-5-9-24/h2-13,20H,14-19,21-22H2,1H3,(H,34,37). The summed E-state index contributed by atoms with van der Waals surface area (Å²) in [6, 6.07) is 25.1. The number of hydrogen-bond donors (Lipinski definition) is 1. The third-order valence-corrected chi connectivity index (χ3v) is 8.72. The summed E-state index contributed by atoms with van der Waals surface area (Å²) in [6.07, 6.45) is 2.31. The molecule has 39 heavy (non-hydrogen) atoms. The van der Waals surface area contributed by atoms with Crippen molar-refractivity contribution in [3.8, 4) is 0 Å². The molecule has 2 aliphatic heterocycles. The molecule has 2 amide bonds. The van der Waals surface area contributed by atoms with Crippen LogP contribution in [0.2, 0.25) is 10.0 Å². The van der Waals surface area contributed by atoms with Crippen LogP contribution in [0.15, 0.2) is 78.9 Å². The third kappa shape index (κ3) is 5.99. The first-order valence-electron chi connectivity index (χ1n) is 13.3. The molecule has 0 aliphatic carbocycles. The van der Waals surface area contributed by atoms with Gasteiger partial charge in [-0.3, -0.25) is 9.59 Å². The van der Waals surface area contributed by atoms with E-state index in [9.17, 15) is 9.59 Å². The fourth-order valence-corrected chi connectivity index (χ4v) is 6.12. The maximum atomic E-state index is 13.2. The minimum Gasteiger partial charge on any atom is -0.348 e. The van der Waals surface area contributed by atoms with Gasteiger partial charge in [-0.25, -0.2) is 0 Å². The molecule has 0 saturated carbocycles. The van der Waals surface area contributed by atoms with E-state index in [1.165, 1.54) is 0 Å². The normalized spacial score (nSPS) is 21.1. The molecule has 2 heterocycles. The number of hydrogen-bond acceptors (Lipinski definition) is 4. The highest BCUT2D eigenvalue weighted by Crippen LogP contribution is 2.40. The van der Waals surface area contributed by atoms with Crippen molar-refractivity contribution in [3.05, 3.63) is 106 Å². The van der Waals surface area contributed by atoms with E-state index in [0.717, 1.165) is 43.6 Å². The number of piperidine rings is 1. The van der Waals surface area contributed by atoms with Crippen LogP contribution in [0.4, 0.5) is 0 Å². The van der Waals surface area contributed by atoms with E-state index >= 15 is 0 Å². The fourth-order valence-electron chi connectivity index (χ4n) is 5.82. The van der Waals surface area contributed by atoms with Gasteiger partial charge in [-0.15, -0.1) is 0 Å². The van der Waals surface area contributed by atoms with Crippen molar-refractivity contribution in [2.75, 3.05) is 32.9 Å². The number of carbonyl (C=O) groups excluding carboxylic acids is 2. The van der Waals surface area contributed by atoms with E-state index in [1.807, 2.05) is 60.7 Å². The maximum absolute atomic E-state index is 13.2. The number of carbonyl (C=O) groups is 2. The Morgan fingerprint density at radius 3 is 2.21 bits per heavy atom. The first-order chi connectivity index (χ1) is 18.8. The first-order valence-corrected chi connectivity index (χ1v) is 14.1. The van der Waals surface area contributed by atoms with Crippen molar-refractivity contribution in [1.82, 2.24) is 15.1 Å². The van der Waals surface area contributed by atoms with Crippen molar-refractivity contribution < 1.29 is 14.3 Å². The lowest BCUT2D eigenvalue weighted by atomic mass is 9.80. The van der Waals surface area contributed by atoms with E-state index in [2.05, 4.69) is 22.3 Å². The van der Waals surface area contributed by atoms with Crippen LogP contribution in [-0.2, 0) is 20.7 Å². The highest BCUT2D eigenvalue weighted by Gasteiger charge is 2.44. The van der Waals surface area contributed by atoms with Crippen molar-refractivity contribution in [2.45, 2.75) is 37.3 Å². The summed E-state index contributed by atoms with van der Waals surface area (Å²) in [6.45, 7) is 4.65. The molecule has 0 spiro atoms. The minimum absolute atomic E-state index is 0.0200. The Morgan fingerprint density at radius 1 is 0.897 bits per heavy atom. The van der Waals surface area contributed by atoms with Gasteiger partial charge in [-0.2, -0.15) is 0 Å². The fraction of sp³-hybridized carbons (Fsp3) is 0.355. The number of amides is 2. The van der Waals surface area contributed by atoms with Gasteiger partial charge in [-0.05, 0) is 54.7 Å². The zero-order chi connectivity index (χ0) is 27.5. The van der Waals surface area contributed by atoms with Crippen LogP contribution in [0, 0.1) is 0 Å². The molecule has 3 aromatic rings. The Labute approximate surface area is 239 Å². The van der Waals surface area contributed by atoms with Crippen LogP contribution >= 0.6 is 23.2 Å². The average Bonchev–Trinajstić information content (AvgIpc) is 3.40. The Balaban J connectivity index is 1.32. The Hall–Kier alpha value is -2.90. The van der Waals surface area contributed by atoms with Gasteiger partial charge in [0.1, 0.15) is 12.3 Å². The molecular formula is C31H33Cl2N3O3. The molecule has 5 rings (SSSR count). The van der Waals surface area contributed by atoms with Crippen molar-refractivity contribution in [3.63, 3.8) is 0 Å². The number of halogens is 2. The summed E-state index contributed by atoms with van der Waals surface area (Å²) in [7, 11) is 0. The Morgan fingerprint density at radius 2 is 1.56 bits per heavy atom. The summed E-state index contributed by atoms with van der Waals surface area (Å²) in [5, 5.41) is 4.19. The molecule has 3 aromatic carbocycles. The maximum Gasteiger partial charge on any atom is 0.255 e. The lowest BCUT2D eigenvalue weighted by molar-refractivity contribution is -0.121. The van der Waals surface area contributed by atoms with Gasteiger partial charge in [0.2, 0.25) is 5.91 Å². The summed E-state index contributed by atoms with van der Waals surface area (Å²) >= 11 is 12.6. The number of nitrogens with zero attached hydrogens (tertiary/aromatic N) is 2. The summed E-state index contributed by atoms with van der Waals surface area (Å²) in [4.78, 5) is 29.5. The molecule has 1 atom stereocenters. The van der Waals surface area contributed by atoms with Gasteiger partial charge in [0.25, 0.3) is 5.91 Å². The van der Waals surface area contributed by atoms with Gasteiger partial charge in [0, 0.05) is 32.1 Å². The van der Waals surface area contributed by atoms with E-state index in [4.69, 9.17) is 27.9 Å². The summed E-state index contributed by atoms with van der Waals surface area (Å²) < 4.78 is 6.45. The molecule has 0 bridgehead atoms. The molecule has 8 heteroatoms. The molecule has 204 valence electrons. The van der Waals surface area contributed by atoms with Gasteiger partial charge in [-0.1, -0.05) is 77.8 Å². The Kier molecular flexibility index (Phi) is 8.29. The van der Waals surface area contributed by atoms with Crippen LogP contribution in [0.3, 0.4) is 0 Å². The molecule has 2 saturated heterocycles. The second-order valence-corrected chi connectivity index (χ2v) is 11.3. The summed E-state index contributed by atoms with van der Waals surface area (Å²) in [5.41, 5.74) is 1.62. The van der Waals surface area contributed by atoms with Gasteiger partial charge < -0.3 is 19.9 Å². The highest BCUT2D eigenvalue weighted by molar-refractivity contribution is 6.42. The molecular weight excluding hydrogens is 533 g/mol. The van der Waals surface area contributed by atoms with Gasteiger partial charge >= 0.3 is 0 Å². The predicted octanol–water partition coefficient (Wildman–Crippen LogP) is 5.84. The number of benzene rings is 3. The van der Waals surface area contributed by atoms with Crippen LogP contribution in [0.5, 0.6) is 0 Å². The van der Waals surface area contributed by atoms with Crippen LogP contribution in [0.25, 0.3) is 0 Å². The third-order valence-electron chi connectivity index (χ3n) is 7.98. The Bertz CT molecular complexity index is 1310. The molecule has 0 aromatic heterocycles. The van der Waals surface area contributed by atoms with E-state index < -0.39 is 5.60 Å². The van der Waals surface area contributed by atoms with Gasteiger partial charge in [0.15, 0.2) is 0 Å². The molecule has 2 fully saturated rings. The number of likely N-dealkylation sites (tertiary alicyclic amines) is 1. The molecule has 1 unspecified atom stereocenters. The largest absolute Gasteiger partial charge is 0.348 e. The predicted molar refractivity (Wildman–Crippen MR) is 154 cm³/mol. The number of nitrogens with one attached hydrogen (secondary N) is 1. The molecule has 6 nitrogen and oxygen atoms in total. The smallest absolute Gasteiger partial charge is 0.255 e. The second-order valence-electron chi connectivity index (χ2n) is 10.5. The topological polar surface area (TPSA) is 61.9 Å². The quantitative estimate of drug-likeness (QED) is 0.391. The SMILES string of the molecule is CC(=O)NC1(c2ccccc2)CCN(CCC2(c3ccc(Cl)c(Cl)c3)CN(C(=O)c3ccccc3)CO2)CC1. The van der Waals surface area contributed by atoms with E-state index in [0.29, 0.717) is 28.6 Å².